The van der Waals surface area contributed by atoms with Gasteiger partial charge in [-0.15, -0.1) is 0 Å². The molecule has 2 aliphatic heterocycles. The van der Waals surface area contributed by atoms with E-state index in [0.29, 0.717) is 28.9 Å². The summed E-state index contributed by atoms with van der Waals surface area (Å²) in [6, 6.07) is 37.6. The normalized spacial score (nSPS) is 17.0. The highest BCUT2D eigenvalue weighted by molar-refractivity contribution is 6.01. The Bertz CT molecular complexity index is 2660. The van der Waals surface area contributed by atoms with E-state index in [1.54, 1.807) is 6.07 Å². The number of nitrogen functional groups attached to an aromatic ring is 1. The van der Waals surface area contributed by atoms with Crippen LogP contribution in [0.15, 0.2) is 114 Å². The molecule has 2 saturated carbocycles. The summed E-state index contributed by atoms with van der Waals surface area (Å²) in [5, 5.41) is 29.1. The van der Waals surface area contributed by atoms with Crippen LogP contribution in [-0.4, -0.2) is 62.5 Å². The number of aliphatic imine (C=N–C) groups is 1. The molecule has 0 unspecified atom stereocenters. The molecule has 10 nitrogen and oxygen atoms in total. The van der Waals surface area contributed by atoms with Gasteiger partial charge < -0.3 is 37.7 Å². The molecule has 10 rings (SSSR count). The van der Waals surface area contributed by atoms with Crippen LogP contribution < -0.4 is 32.3 Å². The largest absolute Gasteiger partial charge is 0.398 e. The van der Waals surface area contributed by atoms with Crippen molar-refractivity contribution in [2.45, 2.75) is 76.5 Å². The zero-order valence-corrected chi connectivity index (χ0v) is 36.2. The van der Waals surface area contributed by atoms with E-state index in [1.807, 2.05) is 64.2 Å². The summed E-state index contributed by atoms with van der Waals surface area (Å²) < 4.78 is 0. The van der Waals surface area contributed by atoms with Crippen LogP contribution >= 0.6 is 0 Å². The molecule has 2 saturated heterocycles. The van der Waals surface area contributed by atoms with Crippen LogP contribution in [0.4, 0.5) is 11.4 Å². The molecule has 10 heteroatoms. The molecule has 6 aromatic rings. The van der Waals surface area contributed by atoms with Crippen LogP contribution in [0.5, 0.6) is 0 Å². The molecule has 2 heterocycles. The zero-order valence-electron chi connectivity index (χ0n) is 36.2. The van der Waals surface area contributed by atoms with Gasteiger partial charge in [-0.25, -0.2) is 0 Å². The zero-order chi connectivity index (χ0) is 43.4. The second-order valence-corrected chi connectivity index (χ2v) is 16.9. The highest BCUT2D eigenvalue weighted by atomic mass is 16.2. The van der Waals surface area contributed by atoms with Gasteiger partial charge >= 0.3 is 0 Å². The van der Waals surface area contributed by atoms with Gasteiger partial charge in [-0.3, -0.25) is 14.6 Å². The summed E-state index contributed by atoms with van der Waals surface area (Å²) in [4.78, 5) is 31.1. The van der Waals surface area contributed by atoms with Gasteiger partial charge in [0.25, 0.3) is 11.8 Å². The minimum Gasteiger partial charge on any atom is -0.398 e. The molecule has 0 radical (unpaired) electrons. The molecular weight excluding hydrogens is 769 g/mol. The van der Waals surface area contributed by atoms with E-state index in [4.69, 9.17) is 11.1 Å². The first-order chi connectivity index (χ1) is 30.1. The van der Waals surface area contributed by atoms with E-state index >= 15 is 0 Å². The minimum absolute atomic E-state index is 0.0516. The SMILES string of the molecule is CC.Cc1cc(C=N)c(NC2CNC2)cc1C(=O)NC1(c2cccc3ccccc23)CC1.Cc1cc(C=NC2CNC2)c(N)cc1C(=O)NC1(c2cccc3ccccc23)CC1. The van der Waals surface area contributed by atoms with E-state index in [1.165, 1.54) is 38.9 Å². The van der Waals surface area contributed by atoms with Crippen molar-refractivity contribution in [1.82, 2.24) is 21.3 Å². The topological polar surface area (TPSA) is 157 Å². The number of amides is 2. The fraction of sp³-hybridized carbons (Fsp3) is 0.308. The molecule has 0 aromatic heterocycles. The predicted octanol–water partition coefficient (Wildman–Crippen LogP) is 8.52. The van der Waals surface area contributed by atoms with E-state index in [-0.39, 0.29) is 22.9 Å². The van der Waals surface area contributed by atoms with E-state index in [0.717, 1.165) is 79.8 Å². The van der Waals surface area contributed by atoms with Crippen molar-refractivity contribution in [2.75, 3.05) is 37.2 Å². The lowest BCUT2D eigenvalue weighted by atomic mass is 9.96. The molecule has 4 fully saturated rings. The predicted molar refractivity (Wildman–Crippen MR) is 255 cm³/mol. The second kappa shape index (κ2) is 17.9. The van der Waals surface area contributed by atoms with Crippen molar-refractivity contribution < 1.29 is 9.59 Å². The van der Waals surface area contributed by atoms with Crippen LogP contribution in [0.1, 0.15) is 93.6 Å². The maximum atomic E-state index is 13.3. The fourth-order valence-corrected chi connectivity index (χ4v) is 8.53. The van der Waals surface area contributed by atoms with E-state index in [9.17, 15) is 9.59 Å². The number of anilines is 2. The number of hydrogen-bond acceptors (Lipinski definition) is 8. The smallest absolute Gasteiger partial charge is 0.252 e. The van der Waals surface area contributed by atoms with Crippen LogP contribution in [0.3, 0.4) is 0 Å². The maximum Gasteiger partial charge on any atom is 0.252 e. The third kappa shape index (κ3) is 8.71. The summed E-state index contributed by atoms with van der Waals surface area (Å²) >= 11 is 0. The highest BCUT2D eigenvalue weighted by Crippen LogP contribution is 2.49. The van der Waals surface area contributed by atoms with Crippen LogP contribution in [0.25, 0.3) is 21.5 Å². The Kier molecular flexibility index (Phi) is 12.2. The molecule has 0 atom stereocenters. The van der Waals surface area contributed by atoms with Gasteiger partial charge in [-0.2, -0.15) is 0 Å². The van der Waals surface area contributed by atoms with E-state index in [2.05, 4.69) is 104 Å². The summed E-state index contributed by atoms with van der Waals surface area (Å²) in [6.07, 6.45) is 6.96. The first-order valence-electron chi connectivity index (χ1n) is 22.0. The van der Waals surface area contributed by atoms with Crippen LogP contribution in [-0.2, 0) is 11.1 Å². The molecule has 62 heavy (non-hydrogen) atoms. The van der Waals surface area contributed by atoms with Gasteiger partial charge in [0.2, 0.25) is 0 Å². The summed E-state index contributed by atoms with van der Waals surface area (Å²) in [5.74, 6) is -0.124. The summed E-state index contributed by atoms with van der Waals surface area (Å²) in [5.41, 5.74) is 14.2. The first kappa shape index (κ1) is 42.3. The van der Waals surface area contributed by atoms with Crippen molar-refractivity contribution in [1.29, 1.82) is 5.41 Å². The van der Waals surface area contributed by atoms with Crippen molar-refractivity contribution in [3.63, 3.8) is 0 Å². The molecule has 0 spiro atoms. The van der Waals surface area contributed by atoms with Crippen molar-refractivity contribution in [3.05, 3.63) is 154 Å². The second-order valence-electron chi connectivity index (χ2n) is 16.9. The van der Waals surface area contributed by atoms with Crippen LogP contribution in [0, 0.1) is 19.3 Å². The lowest BCUT2D eigenvalue weighted by Gasteiger charge is -2.30. The van der Waals surface area contributed by atoms with Crippen LogP contribution in [0.2, 0.25) is 0 Å². The van der Waals surface area contributed by atoms with Gasteiger partial charge in [0, 0.05) is 72.2 Å². The lowest BCUT2D eigenvalue weighted by molar-refractivity contribution is 0.0922. The van der Waals surface area contributed by atoms with Crippen molar-refractivity contribution >= 4 is 57.2 Å². The maximum absolute atomic E-state index is 13.3. The lowest BCUT2D eigenvalue weighted by Crippen LogP contribution is -2.51. The van der Waals surface area contributed by atoms with Gasteiger partial charge in [0.15, 0.2) is 0 Å². The molecule has 318 valence electrons. The molecule has 2 aliphatic carbocycles. The number of fused-ring (bicyclic) bond motifs is 2. The average Bonchev–Trinajstić information content (AvgIpc) is 4.21. The molecule has 0 bridgehead atoms. The Labute approximate surface area is 364 Å². The highest BCUT2D eigenvalue weighted by Gasteiger charge is 2.48. The summed E-state index contributed by atoms with van der Waals surface area (Å²) in [7, 11) is 0. The number of nitrogens with zero attached hydrogens (tertiary/aromatic N) is 1. The first-order valence-corrected chi connectivity index (χ1v) is 22.0. The number of carbonyl (C=O) groups excluding carboxylic acids is 2. The molecule has 6 aromatic carbocycles. The Morgan fingerprint density at radius 2 is 1.16 bits per heavy atom. The van der Waals surface area contributed by atoms with Crippen molar-refractivity contribution in [3.8, 4) is 0 Å². The molecule has 2 amide bonds. The van der Waals surface area contributed by atoms with Gasteiger partial charge in [-0.05, 0) is 108 Å². The van der Waals surface area contributed by atoms with Crippen molar-refractivity contribution in [2.24, 2.45) is 4.99 Å². The number of hydrogen-bond donors (Lipinski definition) is 7. The fourth-order valence-electron chi connectivity index (χ4n) is 8.53. The minimum atomic E-state index is -0.296. The number of nitrogens with one attached hydrogen (secondary N) is 6. The summed E-state index contributed by atoms with van der Waals surface area (Å²) in [6.45, 7) is 11.5. The van der Waals surface area contributed by atoms with Gasteiger partial charge in [0.1, 0.15) is 0 Å². The van der Waals surface area contributed by atoms with E-state index < -0.39 is 0 Å². The Morgan fingerprint density at radius 1 is 0.677 bits per heavy atom. The number of aryl methyl sites for hydroxylation is 2. The third-order valence-corrected chi connectivity index (χ3v) is 12.6. The van der Waals surface area contributed by atoms with Gasteiger partial charge in [0.05, 0.1) is 23.2 Å². The molecule has 8 N–H and O–H groups in total. The number of nitrogens with two attached hydrogens (primary N) is 1. The monoisotopic (exact) mass is 826 g/mol. The Morgan fingerprint density at radius 3 is 1.63 bits per heavy atom. The quantitative estimate of drug-likeness (QED) is 0.0513. The number of rotatable bonds is 11. The van der Waals surface area contributed by atoms with Gasteiger partial charge in [-0.1, -0.05) is 98.8 Å². The molecule has 4 aliphatic rings. The molecular formula is C52H58N8O2. The number of benzene rings is 6. The third-order valence-electron chi connectivity index (χ3n) is 12.6. The Hall–Kier alpha value is -6.36. The Balaban J connectivity index is 0.000000164. The average molecular weight is 827 g/mol. The standard InChI is InChI=1S/2C25H26N4O.C2H6/c1-16-11-18(13-28-19-14-27-15-19)23(26)12-21(16)24(30)29-25(9-10-25)22-8-4-6-17-5-2-3-7-20(17)22;1-16-11-18(13-26)23(28-19-14-27-15-19)12-21(16)24(30)29-25(9-10-25)22-8-4-6-17-5-2-3-7-20(17)22;1-2/h2-8,11-13,19,27H,9-10,14-15,26H2,1H3,(H,29,30);2-8,11-13,19,26-28H,9-10,14-15H2,1H3,(H,29,30);1-2H3. The number of carbonyl (C=O) groups is 2.